The lowest BCUT2D eigenvalue weighted by atomic mass is 10.1. The number of aromatic nitrogens is 7. The maximum absolute atomic E-state index is 12.8. The minimum absolute atomic E-state index is 0.0596. The van der Waals surface area contributed by atoms with Gasteiger partial charge in [0.2, 0.25) is 5.91 Å². The highest BCUT2D eigenvalue weighted by atomic mass is 16.2. The number of carbonyl (C=O) groups excluding carboxylic acids is 2. The highest BCUT2D eigenvalue weighted by Gasteiger charge is 2.23. The number of aromatic amines is 1. The van der Waals surface area contributed by atoms with Crippen molar-refractivity contribution >= 4 is 22.8 Å². The van der Waals surface area contributed by atoms with Crippen LogP contribution >= 0.6 is 0 Å². The number of amides is 2. The molecule has 1 saturated heterocycles. The van der Waals surface area contributed by atoms with E-state index in [4.69, 9.17) is 0 Å². The Hall–Kier alpha value is -3.37. The van der Waals surface area contributed by atoms with Crippen molar-refractivity contribution in [2.24, 2.45) is 0 Å². The van der Waals surface area contributed by atoms with Crippen LogP contribution in [0.15, 0.2) is 24.5 Å². The number of hydrogen-bond acceptors (Lipinski definition) is 7. The summed E-state index contributed by atoms with van der Waals surface area (Å²) in [5.74, 6) is -0.125. The molecule has 1 fully saturated rings. The molecule has 26 heavy (non-hydrogen) atoms. The molecule has 0 bridgehead atoms. The summed E-state index contributed by atoms with van der Waals surface area (Å²) in [6.45, 7) is 2.27. The van der Waals surface area contributed by atoms with E-state index >= 15 is 0 Å². The summed E-state index contributed by atoms with van der Waals surface area (Å²) in [5, 5.41) is 21.3. The van der Waals surface area contributed by atoms with Gasteiger partial charge in [0.25, 0.3) is 5.91 Å². The van der Waals surface area contributed by atoms with Gasteiger partial charge in [-0.1, -0.05) is 0 Å². The van der Waals surface area contributed by atoms with Crippen LogP contribution < -0.4 is 0 Å². The van der Waals surface area contributed by atoms with Crippen LogP contribution in [0.5, 0.6) is 0 Å². The largest absolute Gasteiger partial charge is 0.339 e. The Morgan fingerprint density at radius 1 is 1.04 bits per heavy atom. The smallest absolute Gasteiger partial charge is 0.253 e. The first kappa shape index (κ1) is 16.1. The second-order valence-corrected chi connectivity index (χ2v) is 6.06. The van der Waals surface area contributed by atoms with Gasteiger partial charge in [-0.3, -0.25) is 9.59 Å². The normalized spacial score (nSPS) is 15.2. The molecule has 3 heterocycles. The van der Waals surface area contributed by atoms with Gasteiger partial charge in [-0.25, -0.2) is 4.68 Å². The van der Waals surface area contributed by atoms with E-state index in [1.807, 2.05) is 0 Å². The summed E-state index contributed by atoms with van der Waals surface area (Å²) in [6, 6.07) is 5.25. The van der Waals surface area contributed by atoms with E-state index in [2.05, 4.69) is 30.9 Å². The van der Waals surface area contributed by atoms with Gasteiger partial charge in [0.15, 0.2) is 0 Å². The molecule has 2 aromatic heterocycles. The number of hydrogen-bond donors (Lipinski definition) is 1. The Bertz CT molecular complexity index is 920. The lowest BCUT2D eigenvalue weighted by Crippen LogP contribution is -2.38. The standard InChI is InChI=1S/C15H17N9O2/c25-14(9-24-10-16-19-21-24)22-4-1-5-23(7-6-22)15(26)11-2-3-12-13(8-11)18-20-17-12/h2-3,8,10H,1,4-7,9H2,(H,17,18,20). The third kappa shape index (κ3) is 3.23. The second-order valence-electron chi connectivity index (χ2n) is 6.06. The number of tetrazole rings is 1. The number of nitrogens with zero attached hydrogens (tertiary/aromatic N) is 8. The summed E-state index contributed by atoms with van der Waals surface area (Å²) in [6.07, 6.45) is 2.13. The maximum atomic E-state index is 12.8. The molecule has 0 aliphatic carbocycles. The van der Waals surface area contributed by atoms with Crippen LogP contribution in [0.2, 0.25) is 0 Å². The van der Waals surface area contributed by atoms with Crippen LogP contribution in [-0.4, -0.2) is 83.4 Å². The van der Waals surface area contributed by atoms with Crippen molar-refractivity contribution in [1.82, 2.24) is 45.4 Å². The lowest BCUT2D eigenvalue weighted by molar-refractivity contribution is -0.131. The molecule has 0 radical (unpaired) electrons. The SMILES string of the molecule is O=C(Cn1cnnn1)N1CCCN(C(=O)c2ccc3n[nH]nc3c2)CC1. The van der Waals surface area contributed by atoms with Crippen molar-refractivity contribution < 1.29 is 9.59 Å². The molecule has 0 spiro atoms. The van der Waals surface area contributed by atoms with Gasteiger partial charge >= 0.3 is 0 Å². The van der Waals surface area contributed by atoms with Gasteiger partial charge in [-0.2, -0.15) is 15.4 Å². The van der Waals surface area contributed by atoms with Crippen molar-refractivity contribution in [3.8, 4) is 0 Å². The van der Waals surface area contributed by atoms with E-state index in [1.54, 1.807) is 28.0 Å². The quantitative estimate of drug-likeness (QED) is 0.659. The van der Waals surface area contributed by atoms with Crippen molar-refractivity contribution in [3.05, 3.63) is 30.1 Å². The highest BCUT2D eigenvalue weighted by Crippen LogP contribution is 2.14. The molecule has 1 aliphatic rings. The molecule has 134 valence electrons. The topological polar surface area (TPSA) is 126 Å². The third-order valence-corrected chi connectivity index (χ3v) is 4.39. The van der Waals surface area contributed by atoms with E-state index in [1.165, 1.54) is 11.0 Å². The predicted molar refractivity (Wildman–Crippen MR) is 88.8 cm³/mol. The molecule has 1 N–H and O–H groups in total. The number of benzene rings is 1. The zero-order chi connectivity index (χ0) is 17.9. The van der Waals surface area contributed by atoms with Crippen LogP contribution in [-0.2, 0) is 11.3 Å². The zero-order valence-corrected chi connectivity index (χ0v) is 13.9. The average molecular weight is 355 g/mol. The fraction of sp³-hybridized carbons (Fsp3) is 0.400. The molecule has 0 saturated carbocycles. The Morgan fingerprint density at radius 2 is 1.85 bits per heavy atom. The summed E-state index contributed by atoms with van der Waals surface area (Å²) >= 11 is 0. The molecule has 0 unspecified atom stereocenters. The molecule has 11 heteroatoms. The van der Waals surface area contributed by atoms with Crippen LogP contribution in [0, 0.1) is 0 Å². The minimum atomic E-state index is -0.0651. The highest BCUT2D eigenvalue weighted by molar-refractivity contribution is 5.97. The zero-order valence-electron chi connectivity index (χ0n) is 13.9. The Labute approximate surface area is 147 Å². The molecule has 1 aromatic carbocycles. The molecule has 0 atom stereocenters. The van der Waals surface area contributed by atoms with Gasteiger partial charge in [-0.05, 0) is 35.0 Å². The van der Waals surface area contributed by atoms with Gasteiger partial charge in [-0.15, -0.1) is 5.10 Å². The maximum Gasteiger partial charge on any atom is 0.253 e. The Morgan fingerprint density at radius 3 is 2.69 bits per heavy atom. The Kier molecular flexibility index (Phi) is 4.25. The van der Waals surface area contributed by atoms with E-state index < -0.39 is 0 Å². The monoisotopic (exact) mass is 355 g/mol. The first-order valence-electron chi connectivity index (χ1n) is 8.29. The van der Waals surface area contributed by atoms with Crippen LogP contribution in [0.3, 0.4) is 0 Å². The fourth-order valence-electron chi connectivity index (χ4n) is 3.02. The Balaban J connectivity index is 1.41. The van der Waals surface area contributed by atoms with Gasteiger partial charge in [0.05, 0.1) is 0 Å². The lowest BCUT2D eigenvalue weighted by Gasteiger charge is -2.22. The number of H-pyrrole nitrogens is 1. The predicted octanol–water partition coefficient (Wildman–Crippen LogP) is -0.681. The molecular formula is C15H17N9O2. The fourth-order valence-corrected chi connectivity index (χ4v) is 3.02. The first-order chi connectivity index (χ1) is 12.7. The van der Waals surface area contributed by atoms with E-state index in [9.17, 15) is 9.59 Å². The third-order valence-electron chi connectivity index (χ3n) is 4.39. The first-order valence-corrected chi connectivity index (χ1v) is 8.29. The number of nitrogens with one attached hydrogen (secondary N) is 1. The number of fused-ring (bicyclic) bond motifs is 1. The van der Waals surface area contributed by atoms with Crippen molar-refractivity contribution in [3.63, 3.8) is 0 Å². The van der Waals surface area contributed by atoms with Crippen molar-refractivity contribution in [2.75, 3.05) is 26.2 Å². The molecule has 4 rings (SSSR count). The molecule has 11 nitrogen and oxygen atoms in total. The van der Waals surface area contributed by atoms with Crippen molar-refractivity contribution in [2.45, 2.75) is 13.0 Å². The number of rotatable bonds is 3. The van der Waals surface area contributed by atoms with Gasteiger partial charge < -0.3 is 9.80 Å². The number of carbonyl (C=O) groups is 2. The molecule has 3 aromatic rings. The summed E-state index contributed by atoms with van der Waals surface area (Å²) in [5.41, 5.74) is 1.94. The van der Waals surface area contributed by atoms with Gasteiger partial charge in [0.1, 0.15) is 23.9 Å². The van der Waals surface area contributed by atoms with E-state index in [0.717, 1.165) is 11.9 Å². The second kappa shape index (κ2) is 6.86. The average Bonchev–Trinajstić information content (AvgIpc) is 3.27. The molecular weight excluding hydrogens is 338 g/mol. The van der Waals surface area contributed by atoms with Crippen LogP contribution in [0.25, 0.3) is 11.0 Å². The molecule has 2 amide bonds. The summed E-state index contributed by atoms with van der Waals surface area (Å²) in [7, 11) is 0. The summed E-state index contributed by atoms with van der Waals surface area (Å²) in [4.78, 5) is 28.7. The molecule has 1 aliphatic heterocycles. The van der Waals surface area contributed by atoms with E-state index in [0.29, 0.717) is 37.3 Å². The minimum Gasteiger partial charge on any atom is -0.339 e. The summed E-state index contributed by atoms with van der Waals surface area (Å²) < 4.78 is 1.39. The van der Waals surface area contributed by atoms with Crippen molar-refractivity contribution in [1.29, 1.82) is 0 Å². The van der Waals surface area contributed by atoms with Gasteiger partial charge in [0, 0.05) is 31.7 Å². The van der Waals surface area contributed by atoms with E-state index in [-0.39, 0.29) is 18.4 Å². The van der Waals surface area contributed by atoms with Crippen LogP contribution in [0.1, 0.15) is 16.8 Å². The van der Waals surface area contributed by atoms with Crippen LogP contribution in [0.4, 0.5) is 0 Å².